The number of carbonyl (C=O) groups is 1. The number of carbonyl (C=O) groups excluding carboxylic acids is 1. The minimum Gasteiger partial charge on any atom is -0.364 e. The number of anilines is 2. The summed E-state index contributed by atoms with van der Waals surface area (Å²) in [5.74, 6) is 0.690. The Hall–Kier alpha value is -2.44. The molecule has 7 heteroatoms. The Kier molecular flexibility index (Phi) is 4.04. The van der Waals surface area contributed by atoms with Crippen molar-refractivity contribution in [2.75, 3.05) is 16.8 Å². The van der Waals surface area contributed by atoms with Gasteiger partial charge in [0.05, 0.1) is 18.4 Å². The highest BCUT2D eigenvalue weighted by atomic mass is 19.3. The standard InChI is InChI=1S/C15H16F2N4O/c16-15(17)21-8-1-3-11(21)9-18-13-6-5-12(10-19-13)20-7-2-4-14(20)22/h1,3,5-6,8,10,15H,2,4,7,9H2,(H,18,19). The molecule has 3 rings (SSSR count). The van der Waals surface area contributed by atoms with E-state index in [9.17, 15) is 13.6 Å². The van der Waals surface area contributed by atoms with Crippen LogP contribution < -0.4 is 10.2 Å². The van der Waals surface area contributed by atoms with Gasteiger partial charge in [0, 0.05) is 24.9 Å². The van der Waals surface area contributed by atoms with E-state index in [1.165, 1.54) is 6.20 Å². The predicted molar refractivity (Wildman–Crippen MR) is 78.8 cm³/mol. The fourth-order valence-electron chi connectivity index (χ4n) is 2.52. The first kappa shape index (κ1) is 14.5. The zero-order valence-corrected chi connectivity index (χ0v) is 11.9. The SMILES string of the molecule is O=C1CCCN1c1ccc(NCc2cccn2C(F)F)nc1. The van der Waals surface area contributed by atoms with Crippen LogP contribution in [0.25, 0.3) is 0 Å². The maximum Gasteiger partial charge on any atom is 0.318 e. The van der Waals surface area contributed by atoms with Gasteiger partial charge in [0.25, 0.3) is 0 Å². The van der Waals surface area contributed by atoms with Gasteiger partial charge in [-0.25, -0.2) is 4.98 Å². The highest BCUT2D eigenvalue weighted by Gasteiger charge is 2.21. The summed E-state index contributed by atoms with van der Waals surface area (Å²) in [7, 11) is 0. The molecule has 1 N–H and O–H groups in total. The summed E-state index contributed by atoms with van der Waals surface area (Å²) in [6, 6.07) is 6.77. The van der Waals surface area contributed by atoms with Gasteiger partial charge in [0.1, 0.15) is 5.82 Å². The number of nitrogens with zero attached hydrogens (tertiary/aromatic N) is 3. The molecule has 2 aromatic rings. The summed E-state index contributed by atoms with van der Waals surface area (Å²) in [6.07, 6.45) is 4.41. The second-order valence-electron chi connectivity index (χ2n) is 5.09. The highest BCUT2D eigenvalue weighted by Crippen LogP contribution is 2.22. The number of rotatable bonds is 5. The molecular formula is C15H16F2N4O. The summed E-state index contributed by atoms with van der Waals surface area (Å²) >= 11 is 0. The van der Waals surface area contributed by atoms with Gasteiger partial charge in [-0.1, -0.05) is 0 Å². The minimum absolute atomic E-state index is 0.109. The first-order valence-corrected chi connectivity index (χ1v) is 7.09. The number of alkyl halides is 2. The van der Waals surface area contributed by atoms with E-state index in [1.807, 2.05) is 6.07 Å². The van der Waals surface area contributed by atoms with Crippen molar-refractivity contribution in [2.24, 2.45) is 0 Å². The van der Waals surface area contributed by atoms with Gasteiger partial charge in [0.2, 0.25) is 5.91 Å². The number of amides is 1. The second kappa shape index (κ2) is 6.13. The molecule has 1 aliphatic rings. The number of hydrogen-bond donors (Lipinski definition) is 1. The molecule has 0 bridgehead atoms. The lowest BCUT2D eigenvalue weighted by atomic mass is 10.3. The van der Waals surface area contributed by atoms with Crippen molar-refractivity contribution in [3.63, 3.8) is 0 Å². The molecule has 3 heterocycles. The molecule has 0 atom stereocenters. The molecule has 1 aliphatic heterocycles. The Bertz CT molecular complexity index is 654. The summed E-state index contributed by atoms with van der Waals surface area (Å²) in [5, 5.41) is 3.00. The van der Waals surface area contributed by atoms with E-state index in [0.29, 0.717) is 17.9 Å². The monoisotopic (exact) mass is 306 g/mol. The van der Waals surface area contributed by atoms with Gasteiger partial charge < -0.3 is 10.2 Å². The van der Waals surface area contributed by atoms with Crippen molar-refractivity contribution >= 4 is 17.4 Å². The summed E-state index contributed by atoms with van der Waals surface area (Å²) in [4.78, 5) is 17.6. The second-order valence-corrected chi connectivity index (χ2v) is 5.09. The lowest BCUT2D eigenvalue weighted by molar-refractivity contribution is -0.117. The molecule has 1 fully saturated rings. The van der Waals surface area contributed by atoms with Gasteiger partial charge >= 0.3 is 6.55 Å². The molecule has 0 saturated carbocycles. The Morgan fingerprint density at radius 3 is 2.82 bits per heavy atom. The highest BCUT2D eigenvalue weighted by molar-refractivity contribution is 5.95. The topological polar surface area (TPSA) is 50.2 Å². The van der Waals surface area contributed by atoms with Crippen LogP contribution in [0.3, 0.4) is 0 Å². The van der Waals surface area contributed by atoms with E-state index < -0.39 is 6.55 Å². The molecule has 22 heavy (non-hydrogen) atoms. The van der Waals surface area contributed by atoms with Crippen LogP contribution >= 0.6 is 0 Å². The number of pyridine rings is 1. The normalized spacial score (nSPS) is 14.9. The van der Waals surface area contributed by atoms with E-state index in [2.05, 4.69) is 10.3 Å². The number of aromatic nitrogens is 2. The fraction of sp³-hybridized carbons (Fsp3) is 0.333. The lowest BCUT2D eigenvalue weighted by Crippen LogP contribution is -2.23. The molecule has 1 amide bonds. The molecule has 116 valence electrons. The minimum atomic E-state index is -2.55. The average molecular weight is 306 g/mol. The zero-order chi connectivity index (χ0) is 15.5. The van der Waals surface area contributed by atoms with Gasteiger partial charge in [-0.3, -0.25) is 9.36 Å². The van der Waals surface area contributed by atoms with E-state index in [1.54, 1.807) is 29.3 Å². The van der Waals surface area contributed by atoms with Crippen LogP contribution in [-0.4, -0.2) is 22.0 Å². The molecular weight excluding hydrogens is 290 g/mol. The van der Waals surface area contributed by atoms with Crippen LogP contribution in [-0.2, 0) is 11.3 Å². The lowest BCUT2D eigenvalue weighted by Gasteiger charge is -2.15. The van der Waals surface area contributed by atoms with Crippen LogP contribution in [0, 0.1) is 0 Å². The third-order valence-electron chi connectivity index (χ3n) is 3.66. The van der Waals surface area contributed by atoms with Crippen LogP contribution in [0.1, 0.15) is 25.1 Å². The molecule has 5 nitrogen and oxygen atoms in total. The predicted octanol–water partition coefficient (Wildman–Crippen LogP) is 3.02. The van der Waals surface area contributed by atoms with Gasteiger partial charge in [-0.05, 0) is 30.7 Å². The van der Waals surface area contributed by atoms with Crippen molar-refractivity contribution in [2.45, 2.75) is 25.9 Å². The van der Waals surface area contributed by atoms with Crippen LogP contribution in [0.5, 0.6) is 0 Å². The first-order valence-electron chi connectivity index (χ1n) is 7.09. The molecule has 0 aliphatic carbocycles. The van der Waals surface area contributed by atoms with Crippen molar-refractivity contribution in [3.8, 4) is 0 Å². The smallest absolute Gasteiger partial charge is 0.318 e. The number of nitrogens with one attached hydrogen (secondary N) is 1. The van der Waals surface area contributed by atoms with Crippen molar-refractivity contribution < 1.29 is 13.6 Å². The van der Waals surface area contributed by atoms with E-state index in [4.69, 9.17) is 0 Å². The van der Waals surface area contributed by atoms with Crippen molar-refractivity contribution in [1.29, 1.82) is 0 Å². The largest absolute Gasteiger partial charge is 0.364 e. The van der Waals surface area contributed by atoms with Gasteiger partial charge in [-0.2, -0.15) is 8.78 Å². The zero-order valence-electron chi connectivity index (χ0n) is 11.9. The summed E-state index contributed by atoms with van der Waals surface area (Å²) in [6.45, 7) is -1.58. The molecule has 0 spiro atoms. The van der Waals surface area contributed by atoms with Crippen LogP contribution in [0.4, 0.5) is 20.3 Å². The molecule has 2 aromatic heterocycles. The molecule has 1 saturated heterocycles. The summed E-state index contributed by atoms with van der Waals surface area (Å²) in [5.41, 5.74) is 1.25. The number of hydrogen-bond acceptors (Lipinski definition) is 3. The fourth-order valence-corrected chi connectivity index (χ4v) is 2.52. The van der Waals surface area contributed by atoms with E-state index >= 15 is 0 Å². The van der Waals surface area contributed by atoms with Crippen molar-refractivity contribution in [3.05, 3.63) is 42.4 Å². The molecule has 0 radical (unpaired) electrons. The molecule has 0 aromatic carbocycles. The van der Waals surface area contributed by atoms with Crippen LogP contribution in [0.15, 0.2) is 36.7 Å². The summed E-state index contributed by atoms with van der Waals surface area (Å²) < 4.78 is 26.4. The quantitative estimate of drug-likeness (QED) is 0.924. The Labute approximate surface area is 126 Å². The average Bonchev–Trinajstić information content (AvgIpc) is 3.14. The molecule has 0 unspecified atom stereocenters. The first-order chi connectivity index (χ1) is 10.6. The number of halogens is 2. The Balaban J connectivity index is 1.64. The van der Waals surface area contributed by atoms with Crippen LogP contribution in [0.2, 0.25) is 0 Å². The van der Waals surface area contributed by atoms with E-state index in [0.717, 1.165) is 23.2 Å². The Morgan fingerprint density at radius 2 is 2.18 bits per heavy atom. The van der Waals surface area contributed by atoms with Crippen molar-refractivity contribution in [1.82, 2.24) is 9.55 Å². The van der Waals surface area contributed by atoms with E-state index in [-0.39, 0.29) is 12.5 Å². The third kappa shape index (κ3) is 2.93. The van der Waals surface area contributed by atoms with Gasteiger partial charge in [-0.15, -0.1) is 0 Å². The van der Waals surface area contributed by atoms with Gasteiger partial charge in [0.15, 0.2) is 0 Å². The maximum absolute atomic E-state index is 12.7. The maximum atomic E-state index is 12.7. The Morgan fingerprint density at radius 1 is 1.32 bits per heavy atom. The third-order valence-corrected chi connectivity index (χ3v) is 3.66.